The van der Waals surface area contributed by atoms with Gasteiger partial charge in [-0.2, -0.15) is 5.10 Å². The van der Waals surface area contributed by atoms with Crippen molar-refractivity contribution in [3.8, 4) is 5.69 Å². The maximum atomic E-state index is 11.7. The van der Waals surface area contributed by atoms with Gasteiger partial charge in [0.05, 0.1) is 5.69 Å². The molecule has 4 nitrogen and oxygen atoms in total. The first-order valence-corrected chi connectivity index (χ1v) is 4.58. The van der Waals surface area contributed by atoms with Crippen LogP contribution in [0.3, 0.4) is 0 Å². The van der Waals surface area contributed by atoms with Gasteiger partial charge in [-0.1, -0.05) is 17.6 Å². The minimum Gasteiger partial charge on any atom is -0.247 e. The van der Waals surface area contributed by atoms with Gasteiger partial charge in [-0.15, -0.1) is 0 Å². The Bertz CT molecular complexity index is 539. The van der Waals surface area contributed by atoms with Crippen LogP contribution in [0.25, 0.3) is 5.69 Å². The lowest BCUT2D eigenvalue weighted by Gasteiger charge is -2.02. The summed E-state index contributed by atoms with van der Waals surface area (Å²) in [7, 11) is 7.21. The summed E-state index contributed by atoms with van der Waals surface area (Å²) in [6.07, 6.45) is 0. The zero-order valence-electron chi connectivity index (χ0n) is 8.64. The van der Waals surface area contributed by atoms with Gasteiger partial charge < -0.3 is 0 Å². The van der Waals surface area contributed by atoms with E-state index in [1.165, 1.54) is 4.68 Å². The Morgan fingerprint density at radius 2 is 1.87 bits per heavy atom. The molecule has 0 aliphatic heterocycles. The molecule has 0 aliphatic rings. The average Bonchev–Trinajstić information content (AvgIpc) is 2.44. The Labute approximate surface area is 88.6 Å². The summed E-state index contributed by atoms with van der Waals surface area (Å²) >= 11 is 0. The van der Waals surface area contributed by atoms with Crippen LogP contribution in [0.5, 0.6) is 0 Å². The van der Waals surface area contributed by atoms with E-state index < -0.39 is 0 Å². The van der Waals surface area contributed by atoms with E-state index in [1.54, 1.807) is 42.8 Å². The Morgan fingerprint density at radius 3 is 2.33 bits per heavy atom. The molecule has 0 saturated carbocycles. The number of aromatic nitrogens is 3. The smallest absolute Gasteiger partial charge is 0.247 e. The standard InChI is InChI=1S/C10H10BN3O/c1-7-12-13(2)10(15)14(7)9-5-3-8(11)4-6-9/h3-6H,1-2H3. The quantitative estimate of drug-likeness (QED) is 0.590. The number of benzene rings is 1. The first kappa shape index (κ1) is 9.77. The third kappa shape index (κ3) is 1.60. The molecule has 0 unspecified atom stereocenters. The highest BCUT2D eigenvalue weighted by atomic mass is 16.2. The molecule has 74 valence electrons. The molecule has 1 aromatic carbocycles. The molecule has 0 aliphatic carbocycles. The van der Waals surface area contributed by atoms with E-state index >= 15 is 0 Å². The van der Waals surface area contributed by atoms with Gasteiger partial charge in [0.25, 0.3) is 0 Å². The van der Waals surface area contributed by atoms with E-state index in [9.17, 15) is 4.79 Å². The summed E-state index contributed by atoms with van der Waals surface area (Å²) in [5.41, 5.74) is 1.30. The summed E-state index contributed by atoms with van der Waals surface area (Å²) in [5.74, 6) is 0.660. The number of aryl methyl sites for hydroxylation is 2. The van der Waals surface area contributed by atoms with E-state index in [-0.39, 0.29) is 5.69 Å². The number of hydrogen-bond donors (Lipinski definition) is 0. The van der Waals surface area contributed by atoms with Gasteiger partial charge in [-0.05, 0) is 19.1 Å². The van der Waals surface area contributed by atoms with E-state index in [2.05, 4.69) is 5.10 Å². The van der Waals surface area contributed by atoms with E-state index in [4.69, 9.17) is 7.85 Å². The summed E-state index contributed by atoms with van der Waals surface area (Å²) in [4.78, 5) is 11.7. The van der Waals surface area contributed by atoms with Crippen molar-refractivity contribution in [3.05, 3.63) is 40.6 Å². The first-order valence-electron chi connectivity index (χ1n) is 4.58. The summed E-state index contributed by atoms with van der Waals surface area (Å²) in [6, 6.07) is 7.11. The van der Waals surface area contributed by atoms with Crippen LogP contribution < -0.4 is 11.2 Å². The van der Waals surface area contributed by atoms with Crippen LogP contribution in [0.15, 0.2) is 29.1 Å². The van der Waals surface area contributed by atoms with Crippen molar-refractivity contribution in [2.75, 3.05) is 0 Å². The molecule has 0 N–H and O–H groups in total. The van der Waals surface area contributed by atoms with Crippen LogP contribution in [0.4, 0.5) is 0 Å². The van der Waals surface area contributed by atoms with E-state index in [0.29, 0.717) is 11.3 Å². The third-order valence-electron chi connectivity index (χ3n) is 2.24. The normalized spacial score (nSPS) is 10.5. The maximum absolute atomic E-state index is 11.7. The fraction of sp³-hybridized carbons (Fsp3) is 0.200. The molecule has 2 aromatic rings. The van der Waals surface area contributed by atoms with Crippen LogP contribution in [0.1, 0.15) is 5.82 Å². The highest BCUT2D eigenvalue weighted by molar-refractivity contribution is 6.32. The molecule has 1 heterocycles. The van der Waals surface area contributed by atoms with Crippen LogP contribution in [0.2, 0.25) is 0 Å². The van der Waals surface area contributed by atoms with Crippen molar-refractivity contribution in [1.29, 1.82) is 0 Å². The molecule has 15 heavy (non-hydrogen) atoms. The van der Waals surface area contributed by atoms with Gasteiger partial charge in [0, 0.05) is 7.05 Å². The highest BCUT2D eigenvalue weighted by Crippen LogP contribution is 2.04. The van der Waals surface area contributed by atoms with Gasteiger partial charge in [0.2, 0.25) is 0 Å². The van der Waals surface area contributed by atoms with E-state index in [0.717, 1.165) is 5.69 Å². The molecular formula is C10H10BN3O. The lowest BCUT2D eigenvalue weighted by molar-refractivity contribution is 0.723. The Hall–Kier alpha value is -1.78. The zero-order chi connectivity index (χ0) is 11.0. The predicted molar refractivity (Wildman–Crippen MR) is 58.9 cm³/mol. The first-order chi connectivity index (χ1) is 7.09. The molecule has 2 radical (unpaired) electrons. The van der Waals surface area contributed by atoms with Gasteiger partial charge in [0.1, 0.15) is 13.7 Å². The minimum absolute atomic E-state index is 0.155. The van der Waals surface area contributed by atoms with Crippen LogP contribution in [-0.4, -0.2) is 22.2 Å². The van der Waals surface area contributed by atoms with Crippen molar-refractivity contribution < 1.29 is 0 Å². The second kappa shape index (κ2) is 3.42. The van der Waals surface area contributed by atoms with Crippen LogP contribution >= 0.6 is 0 Å². The summed E-state index contributed by atoms with van der Waals surface area (Å²) < 4.78 is 2.85. The SMILES string of the molecule is [B]c1ccc(-n2c(C)nn(C)c2=O)cc1. The maximum Gasteiger partial charge on any atom is 0.350 e. The van der Waals surface area contributed by atoms with Crippen molar-refractivity contribution in [3.63, 3.8) is 0 Å². The topological polar surface area (TPSA) is 39.8 Å². The second-order valence-corrected chi connectivity index (χ2v) is 3.38. The largest absolute Gasteiger partial charge is 0.350 e. The fourth-order valence-electron chi connectivity index (χ4n) is 1.51. The Kier molecular flexibility index (Phi) is 2.23. The Balaban J connectivity index is 2.64. The average molecular weight is 199 g/mol. The van der Waals surface area contributed by atoms with Crippen LogP contribution in [-0.2, 0) is 7.05 Å². The third-order valence-corrected chi connectivity index (χ3v) is 2.24. The molecule has 1 aromatic heterocycles. The summed E-state index contributed by atoms with van der Waals surface area (Å²) in [6.45, 7) is 1.79. The van der Waals surface area contributed by atoms with Crippen molar-refractivity contribution >= 4 is 13.3 Å². The molecule has 2 rings (SSSR count). The predicted octanol–water partition coefficient (Wildman–Crippen LogP) is -0.327. The van der Waals surface area contributed by atoms with Gasteiger partial charge in [0.15, 0.2) is 0 Å². The van der Waals surface area contributed by atoms with Gasteiger partial charge in [-0.25, -0.2) is 14.0 Å². The molecule has 0 amide bonds. The number of nitrogens with zero attached hydrogens (tertiary/aromatic N) is 3. The monoisotopic (exact) mass is 199 g/mol. The molecule has 0 spiro atoms. The van der Waals surface area contributed by atoms with Gasteiger partial charge >= 0.3 is 5.69 Å². The molecule has 0 atom stereocenters. The van der Waals surface area contributed by atoms with Crippen LogP contribution in [0, 0.1) is 6.92 Å². The molecular weight excluding hydrogens is 189 g/mol. The zero-order valence-corrected chi connectivity index (χ0v) is 8.64. The van der Waals surface area contributed by atoms with Crippen molar-refractivity contribution in [1.82, 2.24) is 14.3 Å². The van der Waals surface area contributed by atoms with Crippen molar-refractivity contribution in [2.45, 2.75) is 6.92 Å². The molecule has 0 saturated heterocycles. The lowest BCUT2D eigenvalue weighted by atomic mass is 9.96. The van der Waals surface area contributed by atoms with Gasteiger partial charge in [-0.3, -0.25) is 0 Å². The molecule has 5 heteroatoms. The highest BCUT2D eigenvalue weighted by Gasteiger charge is 2.08. The Morgan fingerprint density at radius 1 is 1.27 bits per heavy atom. The fourth-order valence-corrected chi connectivity index (χ4v) is 1.51. The molecule has 0 bridgehead atoms. The number of rotatable bonds is 1. The summed E-state index contributed by atoms with van der Waals surface area (Å²) in [5, 5.41) is 4.05. The molecule has 0 fully saturated rings. The second-order valence-electron chi connectivity index (χ2n) is 3.38. The van der Waals surface area contributed by atoms with E-state index in [1.807, 2.05) is 0 Å². The number of hydrogen-bond acceptors (Lipinski definition) is 2. The minimum atomic E-state index is -0.155. The lowest BCUT2D eigenvalue weighted by Crippen LogP contribution is -2.22. The van der Waals surface area contributed by atoms with Crippen molar-refractivity contribution in [2.24, 2.45) is 7.05 Å².